The van der Waals surface area contributed by atoms with E-state index < -0.39 is 5.91 Å². The van der Waals surface area contributed by atoms with Gasteiger partial charge in [-0.25, -0.2) is 0 Å². The molecule has 0 spiro atoms. The Balaban J connectivity index is 3.04. The summed E-state index contributed by atoms with van der Waals surface area (Å²) in [4.78, 5) is 21.2. The van der Waals surface area contributed by atoms with E-state index >= 15 is 0 Å². The average molecular weight is 319 g/mol. The Morgan fingerprint density at radius 1 is 1.09 bits per heavy atom. The molecule has 1 amide bonds. The van der Waals surface area contributed by atoms with Crippen LogP contribution in [0.15, 0.2) is 12.1 Å². The predicted molar refractivity (Wildman–Crippen MR) is 92.9 cm³/mol. The van der Waals surface area contributed by atoms with Gasteiger partial charge in [0.15, 0.2) is 0 Å². The molecule has 0 bridgehead atoms. The van der Waals surface area contributed by atoms with Crippen molar-refractivity contribution in [2.45, 2.75) is 65.2 Å². The first-order valence-corrected chi connectivity index (χ1v) is 8.06. The van der Waals surface area contributed by atoms with Crippen molar-refractivity contribution in [3.63, 3.8) is 0 Å². The number of rotatable bonds is 5. The summed E-state index contributed by atoms with van der Waals surface area (Å²) in [5.74, 6) is -0.204. The summed E-state index contributed by atoms with van der Waals surface area (Å²) in [5.41, 5.74) is 2.73. The molecule has 0 aliphatic rings. The van der Waals surface area contributed by atoms with Crippen LogP contribution in [-0.4, -0.2) is 23.8 Å². The number of amides is 1. The molecule has 0 aliphatic carbocycles. The van der Waals surface area contributed by atoms with Gasteiger partial charge in [0.2, 0.25) is 6.29 Å². The zero-order valence-electron chi connectivity index (χ0n) is 15.1. The van der Waals surface area contributed by atoms with Gasteiger partial charge >= 0.3 is 0 Å². The van der Waals surface area contributed by atoms with Crippen LogP contribution in [0.5, 0.6) is 5.75 Å². The van der Waals surface area contributed by atoms with Gasteiger partial charge in [-0.15, -0.1) is 0 Å². The molecule has 0 saturated heterocycles. The highest BCUT2D eigenvalue weighted by Crippen LogP contribution is 2.39. The molecule has 2 N–H and O–H groups in total. The molecular weight excluding hydrogens is 290 g/mol. The molecule has 1 aromatic rings. The first kappa shape index (κ1) is 19.2. The van der Waals surface area contributed by atoms with Crippen LogP contribution in [0.25, 0.3) is 0 Å². The number of hydrogen-bond donors (Lipinski definition) is 2. The Hall–Kier alpha value is -1.84. The second-order valence-corrected chi connectivity index (χ2v) is 8.05. The molecule has 1 rings (SSSR count). The number of nitrogens with one attached hydrogen (secondary N) is 1. The Morgan fingerprint density at radius 3 is 1.96 bits per heavy atom. The summed E-state index contributed by atoms with van der Waals surface area (Å²) in [7, 11) is 0. The maximum atomic E-state index is 10.9. The van der Waals surface area contributed by atoms with Gasteiger partial charge in [-0.2, -0.15) is 0 Å². The molecule has 4 heteroatoms. The Labute approximate surface area is 139 Å². The number of hydrogen-bond acceptors (Lipinski definition) is 3. The maximum Gasteiger partial charge on any atom is 0.284 e. The van der Waals surface area contributed by atoms with E-state index in [4.69, 9.17) is 0 Å². The molecule has 4 nitrogen and oxygen atoms in total. The third-order valence-electron chi connectivity index (χ3n) is 3.83. The Kier molecular flexibility index (Phi) is 5.98. The van der Waals surface area contributed by atoms with E-state index in [-0.39, 0.29) is 17.1 Å². The first-order chi connectivity index (χ1) is 10.5. The number of phenolic OH excluding ortho intramolecular Hbond substituents is 1. The smallest absolute Gasteiger partial charge is 0.284 e. The lowest BCUT2D eigenvalue weighted by Crippen LogP contribution is -2.25. The third kappa shape index (κ3) is 5.38. The van der Waals surface area contributed by atoms with Crippen molar-refractivity contribution in [3.05, 3.63) is 28.8 Å². The van der Waals surface area contributed by atoms with E-state index in [0.717, 1.165) is 29.5 Å². The molecule has 0 fully saturated rings. The number of aldehydes is 1. The van der Waals surface area contributed by atoms with Crippen LogP contribution in [0.3, 0.4) is 0 Å². The van der Waals surface area contributed by atoms with Gasteiger partial charge in [0.05, 0.1) is 0 Å². The van der Waals surface area contributed by atoms with E-state index in [0.29, 0.717) is 12.3 Å². The lowest BCUT2D eigenvalue weighted by Gasteiger charge is -2.28. The fourth-order valence-corrected chi connectivity index (χ4v) is 2.53. The van der Waals surface area contributed by atoms with Crippen molar-refractivity contribution in [1.29, 1.82) is 0 Å². The van der Waals surface area contributed by atoms with E-state index in [1.54, 1.807) is 0 Å². The number of carbonyl (C=O) groups excluding carboxylic acids is 2. The topological polar surface area (TPSA) is 66.4 Å². The summed E-state index contributed by atoms with van der Waals surface area (Å²) in [6.45, 7) is 13.0. The van der Waals surface area contributed by atoms with Gasteiger partial charge in [0.25, 0.3) is 5.91 Å². The molecule has 0 heterocycles. The lowest BCUT2D eigenvalue weighted by atomic mass is 9.78. The fraction of sp³-hybridized carbons (Fsp3) is 0.579. The van der Waals surface area contributed by atoms with Crippen molar-refractivity contribution < 1.29 is 14.7 Å². The van der Waals surface area contributed by atoms with Gasteiger partial charge in [-0.1, -0.05) is 53.7 Å². The molecular formula is C19H29NO3. The number of benzene rings is 1. The van der Waals surface area contributed by atoms with Gasteiger partial charge in [0, 0.05) is 6.54 Å². The normalized spacial score (nSPS) is 12.1. The summed E-state index contributed by atoms with van der Waals surface area (Å²) >= 11 is 0. The monoisotopic (exact) mass is 319 g/mol. The van der Waals surface area contributed by atoms with E-state index in [1.165, 1.54) is 0 Å². The largest absolute Gasteiger partial charge is 0.507 e. The first-order valence-electron chi connectivity index (χ1n) is 8.06. The van der Waals surface area contributed by atoms with E-state index in [1.807, 2.05) is 12.1 Å². The van der Waals surface area contributed by atoms with Crippen LogP contribution >= 0.6 is 0 Å². The molecule has 0 radical (unpaired) electrons. The fourth-order valence-electron chi connectivity index (χ4n) is 2.53. The molecule has 0 aliphatic heterocycles. The van der Waals surface area contributed by atoms with Crippen molar-refractivity contribution in [2.24, 2.45) is 0 Å². The SMILES string of the molecule is CC(C)(C)c1cc(CCCNC(=O)C=O)cc(C(C)(C)C)c1O. The van der Waals surface area contributed by atoms with Gasteiger partial charge in [-0.3, -0.25) is 9.59 Å². The zero-order chi connectivity index (χ0) is 17.8. The standard InChI is InChI=1S/C19H29NO3/c1-18(2,3)14-10-13(8-7-9-20-16(22)12-21)11-15(17(14)23)19(4,5)6/h10-12,23H,7-9H2,1-6H3,(H,20,22). The van der Waals surface area contributed by atoms with Crippen molar-refractivity contribution in [1.82, 2.24) is 5.32 Å². The van der Waals surface area contributed by atoms with Crippen molar-refractivity contribution in [2.75, 3.05) is 6.54 Å². The van der Waals surface area contributed by atoms with E-state index in [9.17, 15) is 14.7 Å². The Morgan fingerprint density at radius 2 is 1.57 bits per heavy atom. The predicted octanol–water partition coefficient (Wildman–Crippen LogP) is 3.23. The van der Waals surface area contributed by atoms with Gasteiger partial charge < -0.3 is 10.4 Å². The van der Waals surface area contributed by atoms with Gasteiger partial charge in [0.1, 0.15) is 5.75 Å². The summed E-state index contributed by atoms with van der Waals surface area (Å²) < 4.78 is 0. The second-order valence-electron chi connectivity index (χ2n) is 8.05. The highest BCUT2D eigenvalue weighted by Gasteiger charge is 2.26. The number of phenols is 1. The van der Waals surface area contributed by atoms with Crippen LogP contribution in [0, 0.1) is 0 Å². The summed E-state index contributed by atoms with van der Waals surface area (Å²) in [6.07, 6.45) is 1.82. The second kappa shape index (κ2) is 7.16. The minimum Gasteiger partial charge on any atom is -0.507 e. The van der Waals surface area contributed by atoms with Crippen LogP contribution in [0.1, 0.15) is 64.7 Å². The molecule has 0 saturated carbocycles. The number of aryl methyl sites for hydroxylation is 1. The number of aromatic hydroxyl groups is 1. The minimum absolute atomic E-state index is 0.147. The molecule has 0 aromatic heterocycles. The molecule has 0 unspecified atom stereocenters. The summed E-state index contributed by atoms with van der Waals surface area (Å²) in [5, 5.41) is 13.2. The van der Waals surface area contributed by atoms with Crippen molar-refractivity contribution >= 4 is 12.2 Å². The van der Waals surface area contributed by atoms with Crippen LogP contribution in [-0.2, 0) is 26.8 Å². The van der Waals surface area contributed by atoms with Crippen LogP contribution < -0.4 is 5.32 Å². The quantitative estimate of drug-likeness (QED) is 0.497. The molecule has 0 atom stereocenters. The minimum atomic E-state index is -0.582. The Bertz CT molecular complexity index is 542. The number of carbonyl (C=O) groups is 2. The molecule has 23 heavy (non-hydrogen) atoms. The van der Waals surface area contributed by atoms with Crippen LogP contribution in [0.4, 0.5) is 0 Å². The molecule has 1 aromatic carbocycles. The summed E-state index contributed by atoms with van der Waals surface area (Å²) in [6, 6.07) is 4.10. The molecule has 128 valence electrons. The van der Waals surface area contributed by atoms with Crippen molar-refractivity contribution in [3.8, 4) is 5.75 Å². The highest BCUT2D eigenvalue weighted by atomic mass is 16.3. The highest BCUT2D eigenvalue weighted by molar-refractivity contribution is 6.23. The van der Waals surface area contributed by atoms with Crippen LogP contribution in [0.2, 0.25) is 0 Å². The average Bonchev–Trinajstić information content (AvgIpc) is 2.41. The maximum absolute atomic E-state index is 10.9. The van der Waals surface area contributed by atoms with Gasteiger partial charge in [-0.05, 0) is 40.4 Å². The lowest BCUT2D eigenvalue weighted by molar-refractivity contribution is -0.131. The third-order valence-corrected chi connectivity index (χ3v) is 3.83. The van der Waals surface area contributed by atoms with E-state index in [2.05, 4.69) is 46.9 Å². The zero-order valence-corrected chi connectivity index (χ0v) is 15.1.